The molecule has 0 saturated carbocycles. The van der Waals surface area contributed by atoms with Crippen molar-refractivity contribution in [3.8, 4) is 11.8 Å². The van der Waals surface area contributed by atoms with E-state index in [9.17, 15) is 4.79 Å². The highest BCUT2D eigenvalue weighted by Gasteiger charge is 2.14. The Morgan fingerprint density at radius 3 is 2.65 bits per heavy atom. The highest BCUT2D eigenvalue weighted by Crippen LogP contribution is 2.19. The van der Waals surface area contributed by atoms with E-state index in [2.05, 4.69) is 6.07 Å². The van der Waals surface area contributed by atoms with Gasteiger partial charge in [0.2, 0.25) is 0 Å². The highest BCUT2D eigenvalue weighted by atomic mass is 16.5. The molecule has 1 amide bonds. The zero-order valence-corrected chi connectivity index (χ0v) is 11.3. The Kier molecular flexibility index (Phi) is 4.02. The van der Waals surface area contributed by atoms with Gasteiger partial charge < -0.3 is 9.64 Å². The van der Waals surface area contributed by atoms with Crippen LogP contribution in [0.5, 0.6) is 5.75 Å². The third kappa shape index (κ3) is 2.78. The van der Waals surface area contributed by atoms with Crippen LogP contribution in [0.15, 0.2) is 48.5 Å². The fraction of sp³-hybridized carbons (Fsp3) is 0.125. The maximum Gasteiger partial charge on any atom is 0.258 e. The molecule has 0 N–H and O–H groups in total. The van der Waals surface area contributed by atoms with Crippen LogP contribution in [0, 0.1) is 11.3 Å². The van der Waals surface area contributed by atoms with E-state index in [0.29, 0.717) is 22.6 Å². The van der Waals surface area contributed by atoms with Crippen LogP contribution in [0.4, 0.5) is 5.69 Å². The van der Waals surface area contributed by atoms with Crippen molar-refractivity contribution in [1.29, 1.82) is 5.26 Å². The maximum atomic E-state index is 12.4. The Hall–Kier alpha value is -2.80. The number of rotatable bonds is 3. The van der Waals surface area contributed by atoms with Gasteiger partial charge in [0.05, 0.1) is 18.7 Å². The molecule has 0 aliphatic carbocycles. The number of amides is 1. The molecule has 4 heteroatoms. The van der Waals surface area contributed by atoms with Gasteiger partial charge in [-0.1, -0.05) is 12.1 Å². The van der Waals surface area contributed by atoms with E-state index in [1.165, 1.54) is 4.90 Å². The van der Waals surface area contributed by atoms with Gasteiger partial charge in [0.25, 0.3) is 5.91 Å². The lowest BCUT2D eigenvalue weighted by Crippen LogP contribution is -2.26. The van der Waals surface area contributed by atoms with Gasteiger partial charge in [0, 0.05) is 18.3 Å². The normalized spacial score (nSPS) is 9.65. The molecule has 0 fully saturated rings. The Balaban J connectivity index is 2.30. The summed E-state index contributed by atoms with van der Waals surface area (Å²) in [5.74, 6) is 0.481. The van der Waals surface area contributed by atoms with Crippen LogP contribution in [0.25, 0.3) is 0 Å². The van der Waals surface area contributed by atoms with Gasteiger partial charge in [-0.25, -0.2) is 0 Å². The average molecular weight is 266 g/mol. The van der Waals surface area contributed by atoms with Gasteiger partial charge in [0.1, 0.15) is 5.75 Å². The number of benzene rings is 2. The molecule has 2 rings (SSSR count). The van der Waals surface area contributed by atoms with Crippen LogP contribution in [0.2, 0.25) is 0 Å². The topological polar surface area (TPSA) is 53.3 Å². The summed E-state index contributed by atoms with van der Waals surface area (Å²) in [4.78, 5) is 13.9. The minimum absolute atomic E-state index is 0.154. The molecule has 0 unspecified atom stereocenters. The molecule has 0 heterocycles. The van der Waals surface area contributed by atoms with E-state index in [4.69, 9.17) is 10.00 Å². The summed E-state index contributed by atoms with van der Waals surface area (Å²) in [5, 5.41) is 8.90. The molecule has 2 aromatic rings. The molecule has 0 aromatic heterocycles. The van der Waals surface area contributed by atoms with Crippen molar-refractivity contribution < 1.29 is 9.53 Å². The van der Waals surface area contributed by atoms with E-state index in [1.54, 1.807) is 62.7 Å². The van der Waals surface area contributed by atoms with Crippen molar-refractivity contribution in [3.05, 3.63) is 59.7 Å². The third-order valence-electron chi connectivity index (χ3n) is 2.98. The molecule has 100 valence electrons. The van der Waals surface area contributed by atoms with Crippen LogP contribution < -0.4 is 9.64 Å². The summed E-state index contributed by atoms with van der Waals surface area (Å²) in [5.41, 5.74) is 1.74. The first-order valence-corrected chi connectivity index (χ1v) is 6.08. The lowest BCUT2D eigenvalue weighted by molar-refractivity contribution is 0.0992. The fourth-order valence-corrected chi connectivity index (χ4v) is 1.85. The van der Waals surface area contributed by atoms with Gasteiger partial charge in [-0.05, 0) is 36.4 Å². The molecule has 0 saturated heterocycles. The first-order valence-electron chi connectivity index (χ1n) is 6.08. The van der Waals surface area contributed by atoms with Crippen molar-refractivity contribution >= 4 is 11.6 Å². The summed E-state index contributed by atoms with van der Waals surface area (Å²) in [6, 6.07) is 16.0. The van der Waals surface area contributed by atoms with E-state index in [-0.39, 0.29) is 5.91 Å². The molecule has 0 spiro atoms. The highest BCUT2D eigenvalue weighted by molar-refractivity contribution is 6.06. The number of nitriles is 1. The van der Waals surface area contributed by atoms with E-state index < -0.39 is 0 Å². The lowest BCUT2D eigenvalue weighted by Gasteiger charge is -2.17. The van der Waals surface area contributed by atoms with Crippen LogP contribution in [-0.2, 0) is 0 Å². The van der Waals surface area contributed by atoms with E-state index >= 15 is 0 Å². The van der Waals surface area contributed by atoms with Crippen molar-refractivity contribution in [3.63, 3.8) is 0 Å². The maximum absolute atomic E-state index is 12.4. The molecule has 0 bridgehead atoms. The smallest absolute Gasteiger partial charge is 0.258 e. The molecular weight excluding hydrogens is 252 g/mol. The van der Waals surface area contributed by atoms with Crippen LogP contribution in [-0.4, -0.2) is 20.1 Å². The number of anilines is 1. The minimum Gasteiger partial charge on any atom is -0.497 e. The van der Waals surface area contributed by atoms with Gasteiger partial charge >= 0.3 is 0 Å². The second-order valence-corrected chi connectivity index (χ2v) is 4.26. The van der Waals surface area contributed by atoms with Gasteiger partial charge in [-0.2, -0.15) is 5.26 Å². The predicted octanol–water partition coefficient (Wildman–Crippen LogP) is 2.84. The first-order chi connectivity index (χ1) is 9.65. The zero-order chi connectivity index (χ0) is 14.5. The van der Waals surface area contributed by atoms with E-state index in [0.717, 1.165) is 0 Å². The largest absolute Gasteiger partial charge is 0.497 e. The number of carbonyl (C=O) groups excluding carboxylic acids is 1. The number of hydrogen-bond acceptors (Lipinski definition) is 3. The molecular formula is C16H14N2O2. The number of carbonyl (C=O) groups is 1. The summed E-state index contributed by atoms with van der Waals surface area (Å²) < 4.78 is 5.11. The van der Waals surface area contributed by atoms with Gasteiger partial charge in [-0.15, -0.1) is 0 Å². The van der Waals surface area contributed by atoms with Crippen molar-refractivity contribution in [2.45, 2.75) is 0 Å². The fourth-order valence-electron chi connectivity index (χ4n) is 1.85. The molecule has 2 aromatic carbocycles. The number of hydrogen-bond donors (Lipinski definition) is 0. The predicted molar refractivity (Wildman–Crippen MR) is 76.9 cm³/mol. The number of methoxy groups -OCH3 is 1. The van der Waals surface area contributed by atoms with Gasteiger partial charge in [-0.3, -0.25) is 4.79 Å². The van der Waals surface area contributed by atoms with Crippen LogP contribution in [0.3, 0.4) is 0 Å². The van der Waals surface area contributed by atoms with Crippen molar-refractivity contribution in [2.24, 2.45) is 0 Å². The molecule has 20 heavy (non-hydrogen) atoms. The molecule has 0 radical (unpaired) electrons. The Labute approximate surface area is 117 Å². The Morgan fingerprint density at radius 2 is 1.95 bits per heavy atom. The standard InChI is InChI=1S/C16H14N2O2/c1-18(14-7-3-5-12(9-14)11-17)16(19)13-6-4-8-15(10-13)20-2/h3-10H,1-2H3. The van der Waals surface area contributed by atoms with Crippen molar-refractivity contribution in [1.82, 2.24) is 0 Å². The quantitative estimate of drug-likeness (QED) is 0.858. The minimum atomic E-state index is -0.154. The van der Waals surface area contributed by atoms with E-state index in [1.807, 2.05) is 0 Å². The van der Waals surface area contributed by atoms with Crippen molar-refractivity contribution in [2.75, 3.05) is 19.1 Å². The SMILES string of the molecule is COc1cccc(C(=O)N(C)c2cccc(C#N)c2)c1. The second-order valence-electron chi connectivity index (χ2n) is 4.26. The summed E-state index contributed by atoms with van der Waals surface area (Å²) in [7, 11) is 3.24. The third-order valence-corrected chi connectivity index (χ3v) is 2.98. The Bertz CT molecular complexity index is 674. The monoisotopic (exact) mass is 266 g/mol. The van der Waals surface area contributed by atoms with Crippen LogP contribution in [0.1, 0.15) is 15.9 Å². The van der Waals surface area contributed by atoms with Crippen LogP contribution >= 0.6 is 0 Å². The molecule has 0 aliphatic heterocycles. The summed E-state index contributed by atoms with van der Waals surface area (Å²) in [6.45, 7) is 0. The molecule has 4 nitrogen and oxygen atoms in total. The second kappa shape index (κ2) is 5.89. The van der Waals surface area contributed by atoms with Gasteiger partial charge in [0.15, 0.2) is 0 Å². The molecule has 0 atom stereocenters. The summed E-state index contributed by atoms with van der Waals surface area (Å²) >= 11 is 0. The lowest BCUT2D eigenvalue weighted by atomic mass is 10.1. The average Bonchev–Trinajstić information content (AvgIpc) is 2.53. The number of nitrogens with zero attached hydrogens (tertiary/aromatic N) is 2. The Morgan fingerprint density at radius 1 is 1.20 bits per heavy atom. The first kappa shape index (κ1) is 13.6. The summed E-state index contributed by atoms with van der Waals surface area (Å²) in [6.07, 6.45) is 0. The number of ether oxygens (including phenoxy) is 1. The zero-order valence-electron chi connectivity index (χ0n) is 11.3. The molecule has 0 aliphatic rings.